The first kappa shape index (κ1) is 8.55. The summed E-state index contributed by atoms with van der Waals surface area (Å²) in [5, 5.41) is -1.20. The van der Waals surface area contributed by atoms with E-state index in [2.05, 4.69) is 0 Å². The number of halogens is 5. The second kappa shape index (κ2) is 2.49. The molecule has 0 aromatic heterocycles. The Labute approximate surface area is 78.3 Å². The van der Waals surface area contributed by atoms with Crippen molar-refractivity contribution in [3.63, 3.8) is 0 Å². The molecular formula is C4H3Cl5. The van der Waals surface area contributed by atoms with Crippen molar-refractivity contribution in [1.29, 1.82) is 0 Å². The molecule has 0 saturated heterocycles. The maximum Gasteiger partial charge on any atom is 0.153 e. The molecule has 1 aliphatic rings. The Morgan fingerprint density at radius 2 is 1.22 bits per heavy atom. The van der Waals surface area contributed by atoms with Crippen molar-refractivity contribution in [2.24, 2.45) is 0 Å². The summed E-state index contributed by atoms with van der Waals surface area (Å²) in [6, 6.07) is 0. The average molecular weight is 228 g/mol. The number of rotatable bonds is 0. The Kier molecular flexibility index (Phi) is 2.37. The normalized spacial score (nSPS) is 48.3. The minimum Gasteiger partial charge on any atom is -0.120 e. The van der Waals surface area contributed by atoms with Crippen molar-refractivity contribution in [1.82, 2.24) is 0 Å². The Morgan fingerprint density at radius 3 is 1.33 bits per heavy atom. The largest absolute Gasteiger partial charge is 0.153 e. The lowest BCUT2D eigenvalue weighted by Crippen LogP contribution is -2.59. The molecule has 0 heterocycles. The molecular weight excluding hydrogens is 225 g/mol. The van der Waals surface area contributed by atoms with Crippen LogP contribution in [0.5, 0.6) is 0 Å². The van der Waals surface area contributed by atoms with Crippen molar-refractivity contribution >= 4 is 58.0 Å². The SMILES string of the molecule is ClC1C(Cl)C(Cl)(Cl)C1Cl. The Bertz CT molecular complexity index is 110. The predicted molar refractivity (Wildman–Crippen MR) is 43.4 cm³/mol. The minimum absolute atomic E-state index is 0.316. The van der Waals surface area contributed by atoms with Crippen LogP contribution in [0.15, 0.2) is 0 Å². The zero-order valence-electron chi connectivity index (χ0n) is 4.12. The van der Waals surface area contributed by atoms with Gasteiger partial charge in [-0.3, -0.25) is 0 Å². The van der Waals surface area contributed by atoms with Crippen LogP contribution in [0.25, 0.3) is 0 Å². The molecule has 1 fully saturated rings. The van der Waals surface area contributed by atoms with Gasteiger partial charge in [0.15, 0.2) is 4.33 Å². The molecule has 1 saturated carbocycles. The third-order valence-corrected chi connectivity index (χ3v) is 4.67. The van der Waals surface area contributed by atoms with E-state index < -0.39 is 15.1 Å². The molecule has 0 bridgehead atoms. The van der Waals surface area contributed by atoms with Crippen LogP contribution < -0.4 is 0 Å². The molecule has 2 atom stereocenters. The van der Waals surface area contributed by atoms with Crippen molar-refractivity contribution in [2.45, 2.75) is 20.5 Å². The van der Waals surface area contributed by atoms with Gasteiger partial charge in [-0.05, 0) is 0 Å². The molecule has 1 rings (SSSR count). The highest BCUT2D eigenvalue weighted by Crippen LogP contribution is 2.51. The van der Waals surface area contributed by atoms with Gasteiger partial charge in [-0.2, -0.15) is 0 Å². The van der Waals surface area contributed by atoms with Crippen LogP contribution in [0, 0.1) is 0 Å². The maximum atomic E-state index is 5.62. The van der Waals surface area contributed by atoms with Crippen LogP contribution in [0.4, 0.5) is 0 Å². The van der Waals surface area contributed by atoms with Gasteiger partial charge in [0.25, 0.3) is 0 Å². The number of hydrogen-bond donors (Lipinski definition) is 0. The van der Waals surface area contributed by atoms with E-state index in [1.165, 1.54) is 0 Å². The first-order valence-corrected chi connectivity index (χ1v) is 4.34. The van der Waals surface area contributed by atoms with E-state index >= 15 is 0 Å². The Hall–Kier alpha value is 1.45. The van der Waals surface area contributed by atoms with E-state index in [4.69, 9.17) is 58.0 Å². The second-order valence-corrected chi connectivity index (χ2v) is 4.81. The monoisotopic (exact) mass is 226 g/mol. The van der Waals surface area contributed by atoms with Crippen LogP contribution in [0.3, 0.4) is 0 Å². The van der Waals surface area contributed by atoms with Crippen LogP contribution in [-0.4, -0.2) is 20.5 Å². The summed E-state index contributed by atoms with van der Waals surface area (Å²) in [5.74, 6) is 0. The summed E-state index contributed by atoms with van der Waals surface area (Å²) in [6.07, 6.45) is 0. The smallest absolute Gasteiger partial charge is 0.120 e. The average Bonchev–Trinajstić information content (AvgIpc) is 1.84. The fourth-order valence-corrected chi connectivity index (χ4v) is 2.51. The molecule has 0 spiro atoms. The molecule has 9 heavy (non-hydrogen) atoms. The van der Waals surface area contributed by atoms with Gasteiger partial charge in [-0.1, -0.05) is 23.2 Å². The lowest BCUT2D eigenvalue weighted by atomic mass is 9.96. The molecule has 0 nitrogen and oxygen atoms in total. The van der Waals surface area contributed by atoms with Crippen LogP contribution in [-0.2, 0) is 0 Å². The van der Waals surface area contributed by atoms with Gasteiger partial charge in [0, 0.05) is 0 Å². The van der Waals surface area contributed by atoms with Crippen LogP contribution in [0.1, 0.15) is 0 Å². The molecule has 54 valence electrons. The zero-order valence-corrected chi connectivity index (χ0v) is 7.90. The zero-order chi connectivity index (χ0) is 7.23. The van der Waals surface area contributed by atoms with E-state index in [9.17, 15) is 0 Å². The molecule has 0 aliphatic heterocycles. The standard InChI is InChI=1S/C4H3Cl5/c5-1-2(6)4(8,9)3(1)7/h1-3H. The lowest BCUT2D eigenvalue weighted by molar-refractivity contribution is 0.496. The minimum atomic E-state index is -1.05. The van der Waals surface area contributed by atoms with Gasteiger partial charge in [-0.15, -0.1) is 34.8 Å². The van der Waals surface area contributed by atoms with E-state index in [1.54, 1.807) is 0 Å². The lowest BCUT2D eigenvalue weighted by Gasteiger charge is -2.44. The van der Waals surface area contributed by atoms with E-state index in [1.807, 2.05) is 0 Å². The summed E-state index contributed by atoms with van der Waals surface area (Å²) >= 11 is 28.0. The van der Waals surface area contributed by atoms with Gasteiger partial charge < -0.3 is 0 Å². The molecule has 0 aromatic rings. The highest BCUT2D eigenvalue weighted by atomic mass is 35.5. The molecule has 0 aromatic carbocycles. The summed E-state index contributed by atoms with van der Waals surface area (Å²) in [4.78, 5) is 0. The highest BCUT2D eigenvalue weighted by Gasteiger charge is 2.58. The van der Waals surface area contributed by atoms with Gasteiger partial charge in [0.2, 0.25) is 0 Å². The van der Waals surface area contributed by atoms with E-state index in [0.29, 0.717) is 0 Å². The van der Waals surface area contributed by atoms with Crippen molar-refractivity contribution in [3.05, 3.63) is 0 Å². The fraction of sp³-hybridized carbons (Fsp3) is 1.00. The second-order valence-electron chi connectivity index (χ2n) is 1.92. The van der Waals surface area contributed by atoms with Gasteiger partial charge in [0.1, 0.15) is 0 Å². The first-order valence-electron chi connectivity index (χ1n) is 2.28. The van der Waals surface area contributed by atoms with Crippen molar-refractivity contribution < 1.29 is 0 Å². The molecule has 1 aliphatic carbocycles. The molecule has 5 heteroatoms. The number of alkyl halides is 5. The third-order valence-electron chi connectivity index (χ3n) is 1.29. The molecule has 2 unspecified atom stereocenters. The Balaban J connectivity index is 2.62. The number of hydrogen-bond acceptors (Lipinski definition) is 0. The van der Waals surface area contributed by atoms with E-state index in [0.717, 1.165) is 0 Å². The predicted octanol–water partition coefficient (Wildman–Crippen LogP) is 3.00. The first-order chi connectivity index (χ1) is 3.98. The maximum absolute atomic E-state index is 5.62. The molecule has 0 radical (unpaired) electrons. The van der Waals surface area contributed by atoms with Crippen LogP contribution in [0.2, 0.25) is 0 Å². The van der Waals surface area contributed by atoms with Crippen LogP contribution >= 0.6 is 58.0 Å². The van der Waals surface area contributed by atoms with E-state index in [-0.39, 0.29) is 5.38 Å². The summed E-state index contributed by atoms with van der Waals surface area (Å²) in [7, 11) is 0. The van der Waals surface area contributed by atoms with Gasteiger partial charge in [-0.25, -0.2) is 0 Å². The summed E-state index contributed by atoms with van der Waals surface area (Å²) < 4.78 is -1.05. The van der Waals surface area contributed by atoms with Gasteiger partial charge in [0.05, 0.1) is 16.1 Å². The fourth-order valence-electron chi connectivity index (χ4n) is 0.606. The quantitative estimate of drug-likeness (QED) is 0.559. The van der Waals surface area contributed by atoms with Gasteiger partial charge >= 0.3 is 0 Å². The molecule has 0 amide bonds. The summed E-state index contributed by atoms with van der Waals surface area (Å²) in [5.41, 5.74) is 0. The van der Waals surface area contributed by atoms with Crippen molar-refractivity contribution in [2.75, 3.05) is 0 Å². The topological polar surface area (TPSA) is 0 Å². The highest BCUT2D eigenvalue weighted by molar-refractivity contribution is 6.60. The third kappa shape index (κ3) is 1.14. The molecule has 0 N–H and O–H groups in total. The summed E-state index contributed by atoms with van der Waals surface area (Å²) in [6.45, 7) is 0. The van der Waals surface area contributed by atoms with Crippen molar-refractivity contribution in [3.8, 4) is 0 Å². The Morgan fingerprint density at radius 1 is 0.889 bits per heavy atom.